The van der Waals surface area contributed by atoms with Gasteiger partial charge in [-0.05, 0) is 36.2 Å². The van der Waals surface area contributed by atoms with Gasteiger partial charge in [0.25, 0.3) is 0 Å². The average Bonchev–Trinajstić information content (AvgIpc) is 3.29. The van der Waals surface area contributed by atoms with Crippen LogP contribution in [0.4, 0.5) is 4.39 Å². The fourth-order valence-electron chi connectivity index (χ4n) is 3.56. The molecule has 5 heteroatoms. The molecular weight excluding hydrogens is 343 g/mol. The van der Waals surface area contributed by atoms with Crippen molar-refractivity contribution in [2.45, 2.75) is 25.4 Å². The number of ketones is 1. The monoisotopic (exact) mass is 362 g/mol. The van der Waals surface area contributed by atoms with Crippen molar-refractivity contribution in [1.82, 2.24) is 9.88 Å². The van der Waals surface area contributed by atoms with Gasteiger partial charge in [-0.2, -0.15) is 0 Å². The van der Waals surface area contributed by atoms with E-state index in [-0.39, 0.29) is 23.4 Å². The second-order valence-electron chi connectivity index (χ2n) is 6.68. The Balaban J connectivity index is 1.47. The lowest BCUT2D eigenvalue weighted by Crippen LogP contribution is -2.27. The Labute approximate surface area is 156 Å². The molecule has 0 saturated carbocycles. The smallest absolute Gasteiger partial charge is 0.229 e. The summed E-state index contributed by atoms with van der Waals surface area (Å²) in [5.74, 6) is -0.679. The fourth-order valence-corrected chi connectivity index (χ4v) is 3.56. The van der Waals surface area contributed by atoms with Crippen molar-refractivity contribution in [2.24, 2.45) is 0 Å². The maximum Gasteiger partial charge on any atom is 0.229 e. The molecule has 0 spiro atoms. The van der Waals surface area contributed by atoms with Gasteiger partial charge in [0.1, 0.15) is 5.82 Å². The summed E-state index contributed by atoms with van der Waals surface area (Å²) in [6.45, 7) is 0.997. The highest BCUT2D eigenvalue weighted by atomic mass is 19.1. The van der Waals surface area contributed by atoms with Crippen LogP contribution >= 0.6 is 0 Å². The summed E-state index contributed by atoms with van der Waals surface area (Å²) in [6, 6.07) is 18.9. The van der Waals surface area contributed by atoms with E-state index in [1.54, 1.807) is 30.3 Å². The predicted molar refractivity (Wildman–Crippen MR) is 99.9 cm³/mol. The van der Waals surface area contributed by atoms with Gasteiger partial charge in [0.05, 0.1) is 11.6 Å². The van der Waals surface area contributed by atoms with Gasteiger partial charge in [-0.25, -0.2) is 4.39 Å². The van der Waals surface area contributed by atoms with Crippen LogP contribution < -0.4 is 5.32 Å². The van der Waals surface area contributed by atoms with Crippen LogP contribution in [0.1, 0.15) is 39.6 Å². The van der Waals surface area contributed by atoms with Crippen LogP contribution in [0.25, 0.3) is 0 Å². The molecule has 1 aliphatic heterocycles. The number of halogens is 1. The maximum atomic E-state index is 13.0. The van der Waals surface area contributed by atoms with E-state index < -0.39 is 0 Å². The number of rotatable bonds is 5. The van der Waals surface area contributed by atoms with Crippen molar-refractivity contribution in [3.8, 4) is 0 Å². The van der Waals surface area contributed by atoms with Crippen molar-refractivity contribution in [3.05, 3.63) is 95.1 Å². The molecule has 1 aromatic heterocycles. The average molecular weight is 362 g/mol. The molecule has 0 fully saturated rings. The highest BCUT2D eigenvalue weighted by Crippen LogP contribution is 2.31. The highest BCUT2D eigenvalue weighted by Gasteiger charge is 2.31. The first-order chi connectivity index (χ1) is 13.1. The molecular formula is C22H19FN2O2. The normalized spacial score (nSPS) is 15.4. The first kappa shape index (κ1) is 17.2. The van der Waals surface area contributed by atoms with Gasteiger partial charge >= 0.3 is 0 Å². The second-order valence-corrected chi connectivity index (χ2v) is 6.68. The lowest BCUT2D eigenvalue weighted by molar-refractivity contribution is -0.122. The third kappa shape index (κ3) is 3.40. The summed E-state index contributed by atoms with van der Waals surface area (Å²) >= 11 is 0. The molecule has 2 aromatic carbocycles. The Morgan fingerprint density at radius 2 is 1.74 bits per heavy atom. The number of benzene rings is 2. The Morgan fingerprint density at radius 1 is 1.00 bits per heavy atom. The summed E-state index contributed by atoms with van der Waals surface area (Å²) in [6.07, 6.45) is 0.667. The van der Waals surface area contributed by atoms with Gasteiger partial charge in [0.2, 0.25) is 11.7 Å². The van der Waals surface area contributed by atoms with Crippen LogP contribution in [0.5, 0.6) is 0 Å². The summed E-state index contributed by atoms with van der Waals surface area (Å²) in [4.78, 5) is 25.3. The number of carbonyl (C=O) groups is 2. The van der Waals surface area contributed by atoms with Crippen LogP contribution in [0.3, 0.4) is 0 Å². The number of carbonyl (C=O) groups excluding carboxylic acids is 2. The molecule has 4 nitrogen and oxygen atoms in total. The zero-order valence-corrected chi connectivity index (χ0v) is 14.7. The Morgan fingerprint density at radius 3 is 2.48 bits per heavy atom. The maximum absolute atomic E-state index is 13.0. The molecule has 1 N–H and O–H groups in total. The summed E-state index contributed by atoms with van der Waals surface area (Å²) in [5.41, 5.74) is 2.97. The predicted octanol–water partition coefficient (Wildman–Crippen LogP) is 3.66. The minimum atomic E-state index is -0.297. The molecule has 0 saturated heterocycles. The van der Waals surface area contributed by atoms with Gasteiger partial charge < -0.3 is 9.88 Å². The van der Waals surface area contributed by atoms with Gasteiger partial charge in [0.15, 0.2) is 0 Å². The topological polar surface area (TPSA) is 51.1 Å². The quantitative estimate of drug-likeness (QED) is 0.704. The van der Waals surface area contributed by atoms with E-state index >= 15 is 0 Å². The summed E-state index contributed by atoms with van der Waals surface area (Å²) in [7, 11) is 0. The Bertz CT molecular complexity index is 977. The molecule has 0 aliphatic carbocycles. The molecule has 0 radical (unpaired) electrons. The van der Waals surface area contributed by atoms with Gasteiger partial charge in [-0.15, -0.1) is 0 Å². The Hall–Kier alpha value is -3.21. The molecule has 1 aliphatic rings. The number of hydrogen-bond donors (Lipinski definition) is 1. The number of hydrogen-bond acceptors (Lipinski definition) is 2. The van der Waals surface area contributed by atoms with Crippen LogP contribution in [0.2, 0.25) is 0 Å². The van der Waals surface area contributed by atoms with Crippen molar-refractivity contribution < 1.29 is 14.0 Å². The fraction of sp³-hybridized carbons (Fsp3) is 0.182. The molecule has 27 heavy (non-hydrogen) atoms. The van der Waals surface area contributed by atoms with E-state index in [2.05, 4.69) is 5.32 Å². The number of fused-ring (bicyclic) bond motifs is 1. The molecule has 0 unspecified atom stereocenters. The third-order valence-electron chi connectivity index (χ3n) is 4.98. The molecule has 136 valence electrons. The SMILES string of the molecule is O=C(c1ccccc1)c1ccc2n1CC[C@@H]2C(=O)NCc1ccc(F)cc1. The summed E-state index contributed by atoms with van der Waals surface area (Å²) < 4.78 is 14.9. The largest absolute Gasteiger partial charge is 0.351 e. The van der Waals surface area contributed by atoms with Crippen molar-refractivity contribution in [3.63, 3.8) is 0 Å². The molecule has 3 aromatic rings. The molecule has 4 rings (SSSR count). The van der Waals surface area contributed by atoms with E-state index in [4.69, 9.17) is 0 Å². The van der Waals surface area contributed by atoms with Gasteiger partial charge in [-0.3, -0.25) is 9.59 Å². The van der Waals surface area contributed by atoms with Gasteiger partial charge in [0, 0.05) is 24.3 Å². The third-order valence-corrected chi connectivity index (χ3v) is 4.98. The lowest BCUT2D eigenvalue weighted by atomic mass is 10.0. The number of nitrogens with zero attached hydrogens (tertiary/aromatic N) is 1. The van der Waals surface area contributed by atoms with Crippen LogP contribution in [-0.2, 0) is 17.9 Å². The summed E-state index contributed by atoms with van der Waals surface area (Å²) in [5, 5.41) is 2.91. The van der Waals surface area contributed by atoms with E-state index in [1.165, 1.54) is 12.1 Å². The highest BCUT2D eigenvalue weighted by molar-refractivity contribution is 6.08. The van der Waals surface area contributed by atoms with Crippen molar-refractivity contribution in [1.29, 1.82) is 0 Å². The minimum absolute atomic E-state index is 0.0331. The van der Waals surface area contributed by atoms with Crippen LogP contribution in [0.15, 0.2) is 66.7 Å². The van der Waals surface area contributed by atoms with Crippen LogP contribution in [0, 0.1) is 5.82 Å². The first-order valence-corrected chi connectivity index (χ1v) is 8.95. The zero-order valence-electron chi connectivity index (χ0n) is 14.7. The minimum Gasteiger partial charge on any atom is -0.351 e. The van der Waals surface area contributed by atoms with E-state index in [0.29, 0.717) is 30.8 Å². The van der Waals surface area contributed by atoms with E-state index in [0.717, 1.165) is 11.3 Å². The van der Waals surface area contributed by atoms with Crippen molar-refractivity contribution in [2.75, 3.05) is 0 Å². The Kier molecular flexibility index (Phi) is 4.59. The molecule has 0 bridgehead atoms. The van der Waals surface area contributed by atoms with Crippen molar-refractivity contribution >= 4 is 11.7 Å². The van der Waals surface area contributed by atoms with E-state index in [9.17, 15) is 14.0 Å². The zero-order chi connectivity index (χ0) is 18.8. The van der Waals surface area contributed by atoms with Gasteiger partial charge in [-0.1, -0.05) is 42.5 Å². The van der Waals surface area contributed by atoms with Crippen LogP contribution in [-0.4, -0.2) is 16.3 Å². The first-order valence-electron chi connectivity index (χ1n) is 8.95. The standard InChI is InChI=1S/C22H19FN2O2/c23-17-8-6-15(7-9-17)14-24-22(27)18-12-13-25-19(18)10-11-20(25)21(26)16-4-2-1-3-5-16/h1-11,18H,12-14H2,(H,24,27)/t18-/m0/s1. The molecule has 1 atom stereocenters. The number of aromatic nitrogens is 1. The number of nitrogens with one attached hydrogen (secondary N) is 1. The van der Waals surface area contributed by atoms with E-state index in [1.807, 2.05) is 28.8 Å². The second kappa shape index (κ2) is 7.19. The molecule has 1 amide bonds. The number of amides is 1. The molecule has 2 heterocycles. The lowest BCUT2D eigenvalue weighted by Gasteiger charge is -2.11.